The molecule has 0 aromatic heterocycles. The highest BCUT2D eigenvalue weighted by molar-refractivity contribution is 5.41. The van der Waals surface area contributed by atoms with Crippen LogP contribution in [0, 0.1) is 22.7 Å². The van der Waals surface area contributed by atoms with Gasteiger partial charge in [-0.1, -0.05) is 0 Å². The lowest BCUT2D eigenvalue weighted by atomic mass is 9.75. The van der Waals surface area contributed by atoms with E-state index in [2.05, 4.69) is 0 Å². The van der Waals surface area contributed by atoms with Gasteiger partial charge < -0.3 is 0 Å². The lowest BCUT2D eigenvalue weighted by molar-refractivity contribution is -0.259. The Bertz CT molecular complexity index is 431. The SMILES string of the molecule is N#CC1(F)C=CC(F)(F)C(F)(F)C1(F)C#N. The molecule has 8 heteroatoms. The third-order valence-electron chi connectivity index (χ3n) is 2.19. The molecule has 0 spiro atoms. The summed E-state index contributed by atoms with van der Waals surface area (Å²) in [6.45, 7) is 0. The molecule has 1 aliphatic carbocycles. The van der Waals surface area contributed by atoms with Crippen molar-refractivity contribution >= 4 is 0 Å². The van der Waals surface area contributed by atoms with Crippen LogP contribution in [-0.4, -0.2) is 23.2 Å². The summed E-state index contributed by atoms with van der Waals surface area (Å²) in [5, 5.41) is 16.3. The van der Waals surface area contributed by atoms with Crippen molar-refractivity contribution < 1.29 is 26.3 Å². The van der Waals surface area contributed by atoms with E-state index >= 15 is 0 Å². The van der Waals surface area contributed by atoms with Crippen molar-refractivity contribution in [1.82, 2.24) is 0 Å². The molecule has 0 N–H and O–H groups in total. The first-order valence-corrected chi connectivity index (χ1v) is 3.74. The van der Waals surface area contributed by atoms with E-state index in [-0.39, 0.29) is 12.1 Å². The molecule has 86 valence electrons. The minimum atomic E-state index is -5.63. The van der Waals surface area contributed by atoms with Crippen LogP contribution in [0.25, 0.3) is 0 Å². The van der Waals surface area contributed by atoms with Gasteiger partial charge >= 0.3 is 17.5 Å². The Morgan fingerprint density at radius 2 is 1.31 bits per heavy atom. The van der Waals surface area contributed by atoms with E-state index in [1.165, 1.54) is 0 Å². The molecule has 0 saturated heterocycles. The first kappa shape index (κ1) is 12.4. The Kier molecular flexibility index (Phi) is 2.25. The zero-order valence-electron chi connectivity index (χ0n) is 7.32. The predicted octanol–water partition coefficient (Wildman–Crippen LogP) is 2.29. The summed E-state index contributed by atoms with van der Waals surface area (Å²) in [4.78, 5) is 0. The van der Waals surface area contributed by atoms with Crippen molar-refractivity contribution in [2.75, 3.05) is 0 Å². The lowest BCUT2D eigenvalue weighted by Gasteiger charge is -2.39. The average Bonchev–Trinajstić information content (AvgIpc) is 2.22. The molecule has 0 aliphatic heterocycles. The second-order valence-corrected chi connectivity index (χ2v) is 3.12. The number of nitrogens with zero attached hydrogens (tertiary/aromatic N) is 2. The number of rotatable bonds is 0. The summed E-state index contributed by atoms with van der Waals surface area (Å²) < 4.78 is 77.8. The minimum absolute atomic E-state index is 0.122. The molecule has 0 bridgehead atoms. The van der Waals surface area contributed by atoms with E-state index < -0.39 is 29.3 Å². The third-order valence-corrected chi connectivity index (χ3v) is 2.19. The van der Waals surface area contributed by atoms with Gasteiger partial charge in [-0.05, 0) is 12.2 Å². The van der Waals surface area contributed by atoms with Gasteiger partial charge in [0.25, 0.3) is 5.67 Å². The zero-order valence-corrected chi connectivity index (χ0v) is 7.32. The van der Waals surface area contributed by atoms with Gasteiger partial charge in [-0.15, -0.1) is 0 Å². The van der Waals surface area contributed by atoms with E-state index in [0.717, 1.165) is 0 Å². The molecule has 2 unspecified atom stereocenters. The molecule has 2 nitrogen and oxygen atoms in total. The van der Waals surface area contributed by atoms with E-state index in [0.29, 0.717) is 6.07 Å². The van der Waals surface area contributed by atoms with Gasteiger partial charge in [-0.2, -0.15) is 28.1 Å². The maximum Gasteiger partial charge on any atom is 0.365 e. The van der Waals surface area contributed by atoms with Gasteiger partial charge in [0, 0.05) is 0 Å². The molecule has 16 heavy (non-hydrogen) atoms. The molecule has 1 aliphatic rings. The van der Waals surface area contributed by atoms with E-state index in [1.54, 1.807) is 0 Å². The fourth-order valence-electron chi connectivity index (χ4n) is 1.16. The van der Waals surface area contributed by atoms with Crippen molar-refractivity contribution in [2.24, 2.45) is 0 Å². The number of nitriles is 2. The second kappa shape index (κ2) is 2.91. The van der Waals surface area contributed by atoms with Gasteiger partial charge in [0.2, 0.25) is 0 Å². The van der Waals surface area contributed by atoms with Gasteiger partial charge in [0.15, 0.2) is 0 Å². The van der Waals surface area contributed by atoms with Crippen LogP contribution in [0.1, 0.15) is 0 Å². The molecule has 0 radical (unpaired) electrons. The Hall–Kier alpha value is -1.70. The van der Waals surface area contributed by atoms with E-state index in [4.69, 9.17) is 10.5 Å². The molecule has 0 fully saturated rings. The largest absolute Gasteiger partial charge is 0.365 e. The summed E-state index contributed by atoms with van der Waals surface area (Å²) in [7, 11) is 0. The van der Waals surface area contributed by atoms with Crippen molar-refractivity contribution in [3.05, 3.63) is 12.2 Å². The quantitative estimate of drug-likeness (QED) is 0.481. The number of halogens is 6. The van der Waals surface area contributed by atoms with E-state index in [9.17, 15) is 26.3 Å². The number of hydrogen-bond donors (Lipinski definition) is 0. The van der Waals surface area contributed by atoms with Crippen LogP contribution in [-0.2, 0) is 0 Å². The normalized spacial score (nSPS) is 39.8. The molecule has 0 heterocycles. The maximum absolute atomic E-state index is 13.4. The average molecular weight is 240 g/mol. The summed E-state index contributed by atoms with van der Waals surface area (Å²) in [6, 6.07) is 0.573. The highest BCUT2D eigenvalue weighted by Gasteiger charge is 2.80. The van der Waals surface area contributed by atoms with Gasteiger partial charge in [-0.3, -0.25) is 0 Å². The molecule has 0 aromatic rings. The van der Waals surface area contributed by atoms with Crippen molar-refractivity contribution in [2.45, 2.75) is 23.2 Å². The fraction of sp³-hybridized carbons (Fsp3) is 0.500. The fourth-order valence-corrected chi connectivity index (χ4v) is 1.16. The summed E-state index contributed by atoms with van der Waals surface area (Å²) >= 11 is 0. The topological polar surface area (TPSA) is 47.6 Å². The van der Waals surface area contributed by atoms with Crippen LogP contribution in [0.4, 0.5) is 26.3 Å². The van der Waals surface area contributed by atoms with Crippen LogP contribution in [0.3, 0.4) is 0 Å². The Morgan fingerprint density at radius 3 is 1.69 bits per heavy atom. The van der Waals surface area contributed by atoms with Gasteiger partial charge in [-0.25, -0.2) is 8.78 Å². The van der Waals surface area contributed by atoms with Crippen molar-refractivity contribution in [3.63, 3.8) is 0 Å². The van der Waals surface area contributed by atoms with Crippen molar-refractivity contribution in [1.29, 1.82) is 10.5 Å². The highest BCUT2D eigenvalue weighted by atomic mass is 19.3. The van der Waals surface area contributed by atoms with Gasteiger partial charge in [0.05, 0.1) is 0 Å². The maximum atomic E-state index is 13.4. The summed E-state index contributed by atoms with van der Waals surface area (Å²) in [5.41, 5.74) is -9.06. The smallest absolute Gasteiger partial charge is 0.218 e. The molecule has 2 atom stereocenters. The molecule has 0 saturated carbocycles. The van der Waals surface area contributed by atoms with Crippen LogP contribution >= 0.6 is 0 Å². The Labute approximate surface area is 85.4 Å². The first-order valence-electron chi connectivity index (χ1n) is 3.74. The molecular formula is C8H2F6N2. The van der Waals surface area contributed by atoms with E-state index in [1.807, 2.05) is 0 Å². The standard InChI is InChI=1S/C8H2F6N2/c9-5(3-15)1-2-7(11,12)8(13,14)6(5,10)4-16/h1-2H. The molecule has 0 amide bonds. The number of alkyl halides is 6. The van der Waals surface area contributed by atoms with Gasteiger partial charge in [0.1, 0.15) is 12.1 Å². The van der Waals surface area contributed by atoms with Crippen LogP contribution in [0.5, 0.6) is 0 Å². The summed E-state index contributed by atoms with van der Waals surface area (Å²) in [5.74, 6) is -10.7. The molecular weight excluding hydrogens is 238 g/mol. The third kappa shape index (κ3) is 1.07. The monoisotopic (exact) mass is 240 g/mol. The lowest BCUT2D eigenvalue weighted by Crippen LogP contribution is -2.66. The molecule has 0 aromatic carbocycles. The minimum Gasteiger partial charge on any atom is -0.218 e. The number of hydrogen-bond acceptors (Lipinski definition) is 2. The Morgan fingerprint density at radius 1 is 0.812 bits per heavy atom. The second-order valence-electron chi connectivity index (χ2n) is 3.12. The highest BCUT2D eigenvalue weighted by Crippen LogP contribution is 2.54. The number of allylic oxidation sites excluding steroid dienone is 2. The van der Waals surface area contributed by atoms with Crippen molar-refractivity contribution in [3.8, 4) is 12.1 Å². The molecule has 1 rings (SSSR count). The van der Waals surface area contributed by atoms with Crippen LogP contribution in [0.2, 0.25) is 0 Å². The first-order chi connectivity index (χ1) is 7.08. The summed E-state index contributed by atoms with van der Waals surface area (Å²) in [6.07, 6.45) is -0.987. The van der Waals surface area contributed by atoms with Crippen LogP contribution in [0.15, 0.2) is 12.2 Å². The Balaban J connectivity index is 3.60. The van der Waals surface area contributed by atoms with Crippen LogP contribution < -0.4 is 0 Å². The predicted molar refractivity (Wildman–Crippen MR) is 37.9 cm³/mol. The zero-order chi connectivity index (χ0) is 12.8.